The topological polar surface area (TPSA) is 112 Å². The van der Waals surface area contributed by atoms with Crippen molar-refractivity contribution in [2.75, 3.05) is 26.2 Å². The molecule has 8 heteroatoms. The monoisotopic (exact) mass is 469 g/mol. The summed E-state index contributed by atoms with van der Waals surface area (Å²) in [5.41, 5.74) is 9.24. The molecule has 0 radical (unpaired) electrons. The van der Waals surface area contributed by atoms with Gasteiger partial charge in [-0.2, -0.15) is 0 Å². The third-order valence-electron chi connectivity index (χ3n) is 6.55. The predicted octanol–water partition coefficient (Wildman–Crippen LogP) is 2.85. The Balaban J connectivity index is 1.35. The van der Waals surface area contributed by atoms with E-state index in [0.717, 1.165) is 18.4 Å². The van der Waals surface area contributed by atoms with Crippen LogP contribution < -0.4 is 5.73 Å². The first-order valence-electron chi connectivity index (χ1n) is 11.8. The summed E-state index contributed by atoms with van der Waals surface area (Å²) in [6.45, 7) is 5.20. The molecule has 0 bridgehead atoms. The zero-order chi connectivity index (χ0) is 24.5. The Hall–Kier alpha value is -4.20. The molecule has 2 heterocycles. The molecule has 1 aliphatic heterocycles. The lowest BCUT2D eigenvalue weighted by molar-refractivity contribution is -0.127. The number of H-pyrrole nitrogens is 1. The number of aromatic nitrogens is 1. The summed E-state index contributed by atoms with van der Waals surface area (Å²) in [7, 11) is 0. The highest BCUT2D eigenvalue weighted by atomic mass is 16.2. The summed E-state index contributed by atoms with van der Waals surface area (Å²) in [6.07, 6.45) is 5.27. The third kappa shape index (κ3) is 4.35. The molecular weight excluding hydrogens is 442 g/mol. The summed E-state index contributed by atoms with van der Waals surface area (Å²) in [6, 6.07) is 13.0. The van der Waals surface area contributed by atoms with Crippen molar-refractivity contribution >= 4 is 40.4 Å². The van der Waals surface area contributed by atoms with E-state index >= 15 is 0 Å². The van der Waals surface area contributed by atoms with E-state index in [1.165, 1.54) is 4.90 Å². The smallest absolute Gasteiger partial charge is 0.295 e. The van der Waals surface area contributed by atoms with Gasteiger partial charge in [0.25, 0.3) is 17.6 Å². The van der Waals surface area contributed by atoms with E-state index in [2.05, 4.69) is 16.6 Å². The summed E-state index contributed by atoms with van der Waals surface area (Å²) in [5.74, 6) is -0.844. The number of aliphatic imine (C=N–C) groups is 1. The van der Waals surface area contributed by atoms with Gasteiger partial charge in [-0.25, -0.2) is 0 Å². The van der Waals surface area contributed by atoms with Crippen molar-refractivity contribution in [2.24, 2.45) is 10.7 Å². The van der Waals surface area contributed by atoms with Crippen molar-refractivity contribution in [3.05, 3.63) is 77.5 Å². The third-order valence-corrected chi connectivity index (χ3v) is 6.55. The maximum atomic E-state index is 13.3. The zero-order valence-electron chi connectivity index (χ0n) is 19.4. The molecule has 1 saturated heterocycles. The van der Waals surface area contributed by atoms with Crippen molar-refractivity contribution < 1.29 is 14.4 Å². The van der Waals surface area contributed by atoms with E-state index in [4.69, 9.17) is 5.73 Å². The van der Waals surface area contributed by atoms with Gasteiger partial charge in [0.05, 0.1) is 17.1 Å². The highest BCUT2D eigenvalue weighted by Crippen LogP contribution is 2.29. The van der Waals surface area contributed by atoms with Gasteiger partial charge in [0.2, 0.25) is 0 Å². The molecule has 0 atom stereocenters. The van der Waals surface area contributed by atoms with Crippen LogP contribution in [0, 0.1) is 0 Å². The van der Waals surface area contributed by atoms with Gasteiger partial charge in [-0.3, -0.25) is 19.4 Å². The molecule has 1 aliphatic carbocycles. The molecule has 3 aromatic rings. The molecule has 1 aromatic heterocycles. The molecule has 0 spiro atoms. The normalized spacial score (nSPS) is 16.4. The van der Waals surface area contributed by atoms with Crippen LogP contribution in [0.1, 0.15) is 44.7 Å². The average Bonchev–Trinajstić information content (AvgIpc) is 3.61. The van der Waals surface area contributed by atoms with Crippen LogP contribution in [0.4, 0.5) is 0 Å². The van der Waals surface area contributed by atoms with Gasteiger partial charge < -0.3 is 20.5 Å². The predicted molar refractivity (Wildman–Crippen MR) is 135 cm³/mol. The van der Waals surface area contributed by atoms with Crippen LogP contribution in [0.3, 0.4) is 0 Å². The number of carbonyl (C=O) groups excluding carboxylic acids is 3. The van der Waals surface area contributed by atoms with Crippen LogP contribution in [0.5, 0.6) is 0 Å². The Labute approximate surface area is 203 Å². The number of piperazine rings is 1. The number of rotatable bonds is 6. The number of nitrogens with two attached hydrogens (primary N) is 1. The van der Waals surface area contributed by atoms with Gasteiger partial charge in [0.15, 0.2) is 0 Å². The number of nitrogens with one attached hydrogen (secondary N) is 1. The molecule has 0 unspecified atom stereocenters. The Morgan fingerprint density at radius 2 is 1.66 bits per heavy atom. The van der Waals surface area contributed by atoms with Crippen LogP contribution in [-0.4, -0.2) is 70.4 Å². The summed E-state index contributed by atoms with van der Waals surface area (Å²) < 4.78 is 0. The quantitative estimate of drug-likeness (QED) is 0.250. The number of amides is 2. The fourth-order valence-corrected chi connectivity index (χ4v) is 4.44. The highest BCUT2D eigenvalue weighted by molar-refractivity contribution is 6.45. The first-order chi connectivity index (χ1) is 17.0. The summed E-state index contributed by atoms with van der Waals surface area (Å²) >= 11 is 0. The van der Waals surface area contributed by atoms with E-state index in [1.54, 1.807) is 29.3 Å². The largest absolute Gasteiger partial charge is 0.383 e. The number of Topliss-reactive ketones (excluding diaryl/α,β-unsaturated/α-hetero) is 1. The van der Waals surface area contributed by atoms with Crippen molar-refractivity contribution in [1.29, 1.82) is 0 Å². The second-order valence-electron chi connectivity index (χ2n) is 8.88. The van der Waals surface area contributed by atoms with Crippen LogP contribution >= 0.6 is 0 Å². The molecule has 2 aliphatic rings. The number of amidine groups is 1. The number of fused-ring (bicyclic) bond motifs is 1. The Kier molecular flexibility index (Phi) is 5.94. The summed E-state index contributed by atoms with van der Waals surface area (Å²) in [5, 5.41) is 0.614. The molecule has 1 saturated carbocycles. The molecule has 35 heavy (non-hydrogen) atoms. The Morgan fingerprint density at radius 1 is 0.971 bits per heavy atom. The number of benzene rings is 2. The highest BCUT2D eigenvalue weighted by Gasteiger charge is 2.31. The number of carbonyl (C=O) groups is 3. The molecule has 2 fully saturated rings. The minimum absolute atomic E-state index is 0.0748. The van der Waals surface area contributed by atoms with Gasteiger partial charge in [0.1, 0.15) is 5.84 Å². The van der Waals surface area contributed by atoms with Gasteiger partial charge in [-0.15, -0.1) is 0 Å². The van der Waals surface area contributed by atoms with Gasteiger partial charge in [-0.05, 0) is 36.6 Å². The number of hydrogen-bond donors (Lipinski definition) is 2. The van der Waals surface area contributed by atoms with Crippen LogP contribution in [-0.2, 0) is 4.79 Å². The van der Waals surface area contributed by atoms with Gasteiger partial charge in [0, 0.05) is 48.9 Å². The fraction of sp³-hybridized carbons (Fsp3) is 0.259. The summed E-state index contributed by atoms with van der Waals surface area (Å²) in [4.78, 5) is 50.0. The van der Waals surface area contributed by atoms with E-state index in [1.807, 2.05) is 30.3 Å². The second kappa shape index (κ2) is 9.21. The van der Waals surface area contributed by atoms with Crippen LogP contribution in [0.25, 0.3) is 17.0 Å². The molecule has 8 nitrogen and oxygen atoms in total. The van der Waals surface area contributed by atoms with Crippen molar-refractivity contribution in [1.82, 2.24) is 14.8 Å². The number of ketones is 1. The Morgan fingerprint density at radius 3 is 2.31 bits per heavy atom. The number of aromatic amines is 1. The van der Waals surface area contributed by atoms with Crippen LogP contribution in [0.15, 0.2) is 60.2 Å². The van der Waals surface area contributed by atoms with Crippen molar-refractivity contribution in [2.45, 2.75) is 18.9 Å². The lowest BCUT2D eigenvalue weighted by Crippen LogP contribution is -2.52. The van der Waals surface area contributed by atoms with Gasteiger partial charge >= 0.3 is 0 Å². The zero-order valence-corrected chi connectivity index (χ0v) is 19.4. The first kappa shape index (κ1) is 22.6. The van der Waals surface area contributed by atoms with E-state index in [0.29, 0.717) is 54.0 Å². The molecular formula is C27H27N5O3. The van der Waals surface area contributed by atoms with Crippen molar-refractivity contribution in [3.8, 4) is 0 Å². The minimum atomic E-state index is -0.600. The van der Waals surface area contributed by atoms with E-state index < -0.39 is 11.7 Å². The fourth-order valence-electron chi connectivity index (χ4n) is 4.44. The lowest BCUT2D eigenvalue weighted by atomic mass is 9.99. The standard InChI is InChI=1S/C27H27N5O3/c1-2-17-8-11-20(25(28)30-19-9-10-19)23-22(17)21(16-29-23)24(33)27(35)32-14-12-31(13-15-32)26(34)18-6-4-3-5-7-18/h2-8,11,16,19,29H,1,9-10,12-15H2,(H2,28,30). The molecule has 3 N–H and O–H groups in total. The first-order valence-corrected chi connectivity index (χ1v) is 11.8. The van der Waals surface area contributed by atoms with E-state index in [-0.39, 0.29) is 17.5 Å². The minimum Gasteiger partial charge on any atom is -0.383 e. The maximum Gasteiger partial charge on any atom is 0.295 e. The average molecular weight is 470 g/mol. The number of nitrogens with zero attached hydrogens (tertiary/aromatic N) is 3. The lowest BCUT2D eigenvalue weighted by Gasteiger charge is -2.34. The molecule has 2 amide bonds. The second-order valence-corrected chi connectivity index (χ2v) is 8.88. The Bertz CT molecular complexity index is 1350. The molecule has 178 valence electrons. The molecule has 5 rings (SSSR count). The van der Waals surface area contributed by atoms with E-state index in [9.17, 15) is 14.4 Å². The van der Waals surface area contributed by atoms with Crippen LogP contribution in [0.2, 0.25) is 0 Å². The van der Waals surface area contributed by atoms with Gasteiger partial charge in [-0.1, -0.05) is 36.9 Å². The van der Waals surface area contributed by atoms with Crippen molar-refractivity contribution in [3.63, 3.8) is 0 Å². The SMILES string of the molecule is C=Cc1ccc(C(N)=NC2CC2)c2[nH]cc(C(=O)C(=O)N3CCN(C(=O)c4ccccc4)CC3)c12. The number of hydrogen-bond acceptors (Lipinski definition) is 4. The molecule has 2 aromatic carbocycles. The maximum absolute atomic E-state index is 13.3.